The van der Waals surface area contributed by atoms with Crippen molar-refractivity contribution in [3.63, 3.8) is 0 Å². The molecule has 104 valence electrons. The Labute approximate surface area is 113 Å². The molecule has 1 aliphatic carbocycles. The number of nitrogens with zero attached hydrogens (tertiary/aromatic N) is 1. The highest BCUT2D eigenvalue weighted by molar-refractivity contribution is 5.76. The molecule has 1 fully saturated rings. The van der Waals surface area contributed by atoms with E-state index in [0.717, 1.165) is 24.9 Å². The number of amides is 1. The van der Waals surface area contributed by atoms with E-state index in [1.54, 1.807) is 6.07 Å². The van der Waals surface area contributed by atoms with E-state index in [0.29, 0.717) is 13.0 Å². The van der Waals surface area contributed by atoms with E-state index in [1.165, 1.54) is 6.07 Å². The average molecular weight is 264 g/mol. The summed E-state index contributed by atoms with van der Waals surface area (Å²) in [7, 11) is 3.88. The third-order valence-corrected chi connectivity index (χ3v) is 3.71. The molecule has 1 saturated carbocycles. The molecule has 0 radical (unpaired) electrons. The average Bonchev–Trinajstić information content (AvgIpc) is 3.15. The van der Waals surface area contributed by atoms with Gasteiger partial charge in [0, 0.05) is 24.9 Å². The zero-order valence-electron chi connectivity index (χ0n) is 11.6. The van der Waals surface area contributed by atoms with Gasteiger partial charge in [0.25, 0.3) is 0 Å². The van der Waals surface area contributed by atoms with Crippen molar-refractivity contribution in [1.29, 1.82) is 0 Å². The molecule has 1 N–H and O–H groups in total. The van der Waals surface area contributed by atoms with Gasteiger partial charge in [0.15, 0.2) is 0 Å². The van der Waals surface area contributed by atoms with Crippen molar-refractivity contribution in [2.24, 2.45) is 0 Å². The van der Waals surface area contributed by atoms with Gasteiger partial charge in [-0.3, -0.25) is 4.79 Å². The van der Waals surface area contributed by atoms with Crippen LogP contribution in [-0.4, -0.2) is 38.0 Å². The van der Waals surface area contributed by atoms with Gasteiger partial charge in [-0.2, -0.15) is 0 Å². The Bertz CT molecular complexity index is 455. The van der Waals surface area contributed by atoms with Crippen LogP contribution in [0, 0.1) is 5.82 Å². The van der Waals surface area contributed by atoms with E-state index in [-0.39, 0.29) is 17.1 Å². The smallest absolute Gasteiger partial charge is 0.221 e. The number of nitrogens with one attached hydrogen (secondary N) is 1. The molecular weight excluding hydrogens is 243 g/mol. The summed E-state index contributed by atoms with van der Waals surface area (Å²) in [5.41, 5.74) is 0.571. The molecule has 1 aliphatic rings. The fraction of sp³-hybridized carbons (Fsp3) is 0.533. The third kappa shape index (κ3) is 3.53. The lowest BCUT2D eigenvalue weighted by Crippen LogP contribution is -2.34. The number of carbonyl (C=O) groups is 1. The van der Waals surface area contributed by atoms with Gasteiger partial charge in [0.2, 0.25) is 5.91 Å². The zero-order chi connectivity index (χ0) is 13.9. The molecule has 0 unspecified atom stereocenters. The first-order valence-electron chi connectivity index (χ1n) is 6.70. The lowest BCUT2D eigenvalue weighted by atomic mass is 9.95. The van der Waals surface area contributed by atoms with E-state index >= 15 is 0 Å². The highest BCUT2D eigenvalue weighted by Crippen LogP contribution is 2.48. The molecule has 2 rings (SSSR count). The molecule has 1 aromatic carbocycles. The SMILES string of the molecule is CN(C)CCC(=O)NCC1(c2ccccc2F)CC1. The zero-order valence-corrected chi connectivity index (χ0v) is 11.6. The van der Waals surface area contributed by atoms with Gasteiger partial charge in [0.05, 0.1) is 0 Å². The highest BCUT2D eigenvalue weighted by atomic mass is 19.1. The van der Waals surface area contributed by atoms with Crippen molar-refractivity contribution >= 4 is 5.91 Å². The maximum absolute atomic E-state index is 13.8. The third-order valence-electron chi connectivity index (χ3n) is 3.71. The summed E-state index contributed by atoms with van der Waals surface area (Å²) < 4.78 is 13.8. The van der Waals surface area contributed by atoms with E-state index in [9.17, 15) is 9.18 Å². The molecule has 0 saturated heterocycles. The summed E-state index contributed by atoms with van der Waals surface area (Å²) >= 11 is 0. The quantitative estimate of drug-likeness (QED) is 0.851. The van der Waals surface area contributed by atoms with E-state index in [4.69, 9.17) is 0 Å². The van der Waals surface area contributed by atoms with Crippen LogP contribution in [0.5, 0.6) is 0 Å². The topological polar surface area (TPSA) is 32.3 Å². The summed E-state index contributed by atoms with van der Waals surface area (Å²) in [4.78, 5) is 13.7. The second-order valence-electron chi connectivity index (χ2n) is 5.59. The van der Waals surface area contributed by atoms with Crippen molar-refractivity contribution in [2.75, 3.05) is 27.2 Å². The summed E-state index contributed by atoms with van der Waals surface area (Å²) in [5, 5.41) is 2.93. The molecule has 0 atom stereocenters. The van der Waals surface area contributed by atoms with Crippen molar-refractivity contribution in [2.45, 2.75) is 24.7 Å². The first kappa shape index (κ1) is 14.0. The minimum atomic E-state index is -0.168. The minimum absolute atomic E-state index is 0.0383. The molecule has 0 heterocycles. The molecule has 19 heavy (non-hydrogen) atoms. The molecule has 0 spiro atoms. The largest absolute Gasteiger partial charge is 0.355 e. The van der Waals surface area contributed by atoms with Crippen molar-refractivity contribution in [1.82, 2.24) is 10.2 Å². The summed E-state index contributed by atoms with van der Waals surface area (Å²) in [6.45, 7) is 1.28. The fourth-order valence-electron chi connectivity index (χ4n) is 2.26. The van der Waals surface area contributed by atoms with Crippen LogP contribution >= 0.6 is 0 Å². The Morgan fingerprint density at radius 2 is 2.05 bits per heavy atom. The molecule has 1 aromatic rings. The van der Waals surface area contributed by atoms with Gasteiger partial charge in [-0.1, -0.05) is 18.2 Å². The summed E-state index contributed by atoms with van der Waals surface area (Å²) in [6.07, 6.45) is 2.38. The van der Waals surface area contributed by atoms with Crippen LogP contribution in [0.25, 0.3) is 0 Å². The van der Waals surface area contributed by atoms with Gasteiger partial charge in [-0.05, 0) is 38.6 Å². The number of benzene rings is 1. The van der Waals surface area contributed by atoms with Crippen molar-refractivity contribution < 1.29 is 9.18 Å². The van der Waals surface area contributed by atoms with Crippen LogP contribution < -0.4 is 5.32 Å². The van der Waals surface area contributed by atoms with E-state index < -0.39 is 0 Å². The number of hydrogen-bond acceptors (Lipinski definition) is 2. The van der Waals surface area contributed by atoms with Gasteiger partial charge >= 0.3 is 0 Å². The minimum Gasteiger partial charge on any atom is -0.355 e. The molecule has 0 aliphatic heterocycles. The second-order valence-corrected chi connectivity index (χ2v) is 5.59. The molecule has 1 amide bonds. The van der Waals surface area contributed by atoms with Crippen LogP contribution in [0.15, 0.2) is 24.3 Å². The summed E-state index contributed by atoms with van der Waals surface area (Å²) in [6, 6.07) is 6.87. The van der Waals surface area contributed by atoms with E-state index in [2.05, 4.69) is 5.32 Å². The standard InChI is InChI=1S/C15H21FN2O/c1-18(2)10-7-14(19)17-11-15(8-9-15)12-5-3-4-6-13(12)16/h3-6H,7-11H2,1-2H3,(H,17,19). The Kier molecular flexibility index (Phi) is 4.20. The lowest BCUT2D eigenvalue weighted by Gasteiger charge is -2.18. The molecular formula is C15H21FN2O. The van der Waals surface area contributed by atoms with Crippen LogP contribution in [0.1, 0.15) is 24.8 Å². The van der Waals surface area contributed by atoms with E-state index in [1.807, 2.05) is 31.1 Å². The Hall–Kier alpha value is -1.42. The maximum Gasteiger partial charge on any atom is 0.221 e. The van der Waals surface area contributed by atoms with Crippen LogP contribution in [-0.2, 0) is 10.2 Å². The van der Waals surface area contributed by atoms with Crippen LogP contribution in [0.4, 0.5) is 4.39 Å². The normalized spacial score (nSPS) is 16.4. The number of rotatable bonds is 6. The highest BCUT2D eigenvalue weighted by Gasteiger charge is 2.45. The Morgan fingerprint density at radius 3 is 2.63 bits per heavy atom. The fourth-order valence-corrected chi connectivity index (χ4v) is 2.26. The van der Waals surface area contributed by atoms with Gasteiger partial charge in [-0.25, -0.2) is 4.39 Å². The Morgan fingerprint density at radius 1 is 1.37 bits per heavy atom. The Balaban J connectivity index is 1.89. The second kappa shape index (κ2) is 5.70. The van der Waals surface area contributed by atoms with Crippen LogP contribution in [0.3, 0.4) is 0 Å². The molecule has 4 heteroatoms. The molecule has 3 nitrogen and oxygen atoms in total. The van der Waals surface area contributed by atoms with Crippen molar-refractivity contribution in [3.8, 4) is 0 Å². The van der Waals surface area contributed by atoms with Gasteiger partial charge < -0.3 is 10.2 Å². The lowest BCUT2D eigenvalue weighted by molar-refractivity contribution is -0.121. The summed E-state index contributed by atoms with van der Waals surface area (Å²) in [5.74, 6) is -0.126. The molecule has 0 aromatic heterocycles. The first-order chi connectivity index (χ1) is 9.03. The number of carbonyl (C=O) groups excluding carboxylic acids is 1. The maximum atomic E-state index is 13.8. The van der Waals surface area contributed by atoms with Gasteiger partial charge in [-0.15, -0.1) is 0 Å². The predicted octanol–water partition coefficient (Wildman–Crippen LogP) is 1.93. The van der Waals surface area contributed by atoms with Crippen LogP contribution in [0.2, 0.25) is 0 Å². The predicted molar refractivity (Wildman–Crippen MR) is 73.5 cm³/mol. The van der Waals surface area contributed by atoms with Crippen molar-refractivity contribution in [3.05, 3.63) is 35.6 Å². The monoisotopic (exact) mass is 264 g/mol. The number of hydrogen-bond donors (Lipinski definition) is 1. The molecule has 0 bridgehead atoms. The van der Waals surface area contributed by atoms with Gasteiger partial charge in [0.1, 0.15) is 5.82 Å². The first-order valence-corrected chi connectivity index (χ1v) is 6.70. The number of halogens is 1.